The Hall–Kier alpha value is -2.93. The van der Waals surface area contributed by atoms with Crippen LogP contribution in [0.5, 0.6) is 0 Å². The number of amides is 2. The van der Waals surface area contributed by atoms with Gasteiger partial charge in [-0.2, -0.15) is 0 Å². The van der Waals surface area contributed by atoms with Crippen LogP contribution >= 0.6 is 11.3 Å². The van der Waals surface area contributed by atoms with Crippen molar-refractivity contribution in [2.45, 2.75) is 52.0 Å². The third-order valence-electron chi connectivity index (χ3n) is 5.48. The highest BCUT2D eigenvalue weighted by atomic mass is 32.1. The second-order valence-corrected chi connectivity index (χ2v) is 8.63. The molecule has 0 saturated heterocycles. The molecule has 2 aromatic heterocycles. The molecule has 7 heteroatoms. The van der Waals surface area contributed by atoms with Crippen molar-refractivity contribution in [2.75, 3.05) is 5.32 Å². The molecular formula is C23H26N4O2S. The standard InChI is InChI=1S/C23H26N4O2S/c1-15-11-12-16(2)27(15)23-25-18(14-30-23)13-21(28)26-20-10-6-5-9-19(20)22(29)24-17-7-3-4-8-17/h5-6,9-12,14,17H,3-4,7-8,13H2,1-2H3,(H,24,29)(H,26,28). The summed E-state index contributed by atoms with van der Waals surface area (Å²) in [6, 6.07) is 11.5. The average molecular weight is 423 g/mol. The van der Waals surface area contributed by atoms with Gasteiger partial charge in [0.25, 0.3) is 5.91 Å². The number of aryl methyl sites for hydroxylation is 2. The number of anilines is 1. The summed E-state index contributed by atoms with van der Waals surface area (Å²) in [6.07, 6.45) is 4.51. The van der Waals surface area contributed by atoms with Gasteiger partial charge in [0.05, 0.1) is 23.4 Å². The number of benzene rings is 1. The molecule has 0 spiro atoms. The molecule has 0 unspecified atom stereocenters. The van der Waals surface area contributed by atoms with Gasteiger partial charge in [0.2, 0.25) is 5.91 Å². The Bertz CT molecular complexity index is 1040. The van der Waals surface area contributed by atoms with E-state index in [0.29, 0.717) is 16.9 Å². The summed E-state index contributed by atoms with van der Waals surface area (Å²) < 4.78 is 2.08. The Morgan fingerprint density at radius 2 is 1.80 bits per heavy atom. The lowest BCUT2D eigenvalue weighted by atomic mass is 10.1. The van der Waals surface area contributed by atoms with Crippen LogP contribution in [0.4, 0.5) is 5.69 Å². The molecule has 1 aliphatic rings. The third-order valence-corrected chi connectivity index (χ3v) is 6.35. The molecule has 1 aromatic carbocycles. The summed E-state index contributed by atoms with van der Waals surface area (Å²) in [6.45, 7) is 4.07. The fourth-order valence-corrected chi connectivity index (χ4v) is 4.87. The van der Waals surface area contributed by atoms with E-state index in [1.165, 1.54) is 11.3 Å². The Labute approximate surface area is 180 Å². The predicted molar refractivity (Wildman–Crippen MR) is 119 cm³/mol. The second kappa shape index (κ2) is 8.83. The van der Waals surface area contributed by atoms with Gasteiger partial charge in [0, 0.05) is 22.8 Å². The van der Waals surface area contributed by atoms with E-state index in [9.17, 15) is 9.59 Å². The number of nitrogens with zero attached hydrogens (tertiary/aromatic N) is 2. The van der Waals surface area contributed by atoms with E-state index in [-0.39, 0.29) is 24.3 Å². The lowest BCUT2D eigenvalue weighted by Gasteiger charge is -2.15. The number of para-hydroxylation sites is 1. The molecule has 0 bridgehead atoms. The van der Waals surface area contributed by atoms with Crippen LogP contribution < -0.4 is 10.6 Å². The van der Waals surface area contributed by atoms with Crippen LogP contribution in [0.1, 0.15) is 53.1 Å². The molecule has 4 rings (SSSR count). The van der Waals surface area contributed by atoms with Gasteiger partial charge in [-0.05, 0) is 51.0 Å². The van der Waals surface area contributed by atoms with E-state index in [4.69, 9.17) is 0 Å². The molecule has 6 nitrogen and oxygen atoms in total. The fourth-order valence-electron chi connectivity index (χ4n) is 3.93. The molecule has 2 amide bonds. The summed E-state index contributed by atoms with van der Waals surface area (Å²) in [5, 5.41) is 8.74. The first-order valence-corrected chi connectivity index (χ1v) is 11.2. The molecule has 0 atom stereocenters. The topological polar surface area (TPSA) is 76.0 Å². The van der Waals surface area contributed by atoms with Gasteiger partial charge in [0.1, 0.15) is 0 Å². The van der Waals surface area contributed by atoms with Crippen molar-refractivity contribution >= 4 is 28.8 Å². The zero-order valence-electron chi connectivity index (χ0n) is 17.3. The molecule has 1 saturated carbocycles. The van der Waals surface area contributed by atoms with Gasteiger partial charge in [-0.1, -0.05) is 25.0 Å². The Morgan fingerprint density at radius 1 is 1.10 bits per heavy atom. The zero-order valence-corrected chi connectivity index (χ0v) is 18.1. The summed E-state index contributed by atoms with van der Waals surface area (Å²) in [5.74, 6) is -0.318. The van der Waals surface area contributed by atoms with Crippen molar-refractivity contribution in [3.05, 3.63) is 64.4 Å². The van der Waals surface area contributed by atoms with Crippen molar-refractivity contribution < 1.29 is 9.59 Å². The molecular weight excluding hydrogens is 396 g/mol. The van der Waals surface area contributed by atoms with E-state index in [2.05, 4.69) is 32.3 Å². The molecule has 1 aliphatic carbocycles. The van der Waals surface area contributed by atoms with Gasteiger partial charge >= 0.3 is 0 Å². The third kappa shape index (κ3) is 4.46. The first kappa shape index (κ1) is 20.3. The molecule has 0 radical (unpaired) electrons. The molecule has 30 heavy (non-hydrogen) atoms. The lowest BCUT2D eigenvalue weighted by Crippen LogP contribution is -2.33. The van der Waals surface area contributed by atoms with Crippen LogP contribution in [0, 0.1) is 13.8 Å². The molecule has 2 N–H and O–H groups in total. The lowest BCUT2D eigenvalue weighted by molar-refractivity contribution is -0.115. The van der Waals surface area contributed by atoms with Gasteiger partial charge in [-0.3, -0.25) is 14.2 Å². The van der Waals surface area contributed by atoms with E-state index in [1.54, 1.807) is 12.1 Å². The minimum Gasteiger partial charge on any atom is -0.349 e. The Kier molecular flexibility index (Phi) is 5.99. The number of aromatic nitrogens is 2. The number of hydrogen-bond acceptors (Lipinski definition) is 4. The van der Waals surface area contributed by atoms with Crippen molar-refractivity contribution in [3.63, 3.8) is 0 Å². The molecule has 2 heterocycles. The minimum absolute atomic E-state index is 0.132. The predicted octanol–water partition coefficient (Wildman–Crippen LogP) is 4.40. The normalized spacial score (nSPS) is 14.1. The van der Waals surface area contributed by atoms with Gasteiger partial charge in [-0.15, -0.1) is 11.3 Å². The average Bonchev–Trinajstić information content (AvgIpc) is 3.45. The van der Waals surface area contributed by atoms with Crippen molar-refractivity contribution in [3.8, 4) is 5.13 Å². The maximum Gasteiger partial charge on any atom is 0.253 e. The van der Waals surface area contributed by atoms with Crippen molar-refractivity contribution in [2.24, 2.45) is 0 Å². The van der Waals surface area contributed by atoms with Gasteiger partial charge in [-0.25, -0.2) is 4.98 Å². The number of carbonyl (C=O) groups excluding carboxylic acids is 2. The highest BCUT2D eigenvalue weighted by Gasteiger charge is 2.20. The maximum atomic E-state index is 12.7. The van der Waals surface area contributed by atoms with Crippen LogP contribution in [0.3, 0.4) is 0 Å². The number of carbonyl (C=O) groups is 2. The Balaban J connectivity index is 1.43. The van der Waals surface area contributed by atoms with Gasteiger partial charge in [0.15, 0.2) is 5.13 Å². The number of rotatable bonds is 6. The Morgan fingerprint density at radius 3 is 2.53 bits per heavy atom. The number of thiazole rings is 1. The maximum absolute atomic E-state index is 12.7. The summed E-state index contributed by atoms with van der Waals surface area (Å²) in [5.41, 5.74) is 3.97. The molecule has 156 valence electrons. The highest BCUT2D eigenvalue weighted by molar-refractivity contribution is 7.12. The quantitative estimate of drug-likeness (QED) is 0.618. The minimum atomic E-state index is -0.186. The fraction of sp³-hybridized carbons (Fsp3) is 0.348. The van der Waals surface area contributed by atoms with E-state index in [0.717, 1.165) is 42.2 Å². The van der Waals surface area contributed by atoms with Crippen LogP contribution in [0.2, 0.25) is 0 Å². The van der Waals surface area contributed by atoms with E-state index < -0.39 is 0 Å². The molecule has 3 aromatic rings. The van der Waals surface area contributed by atoms with Crippen molar-refractivity contribution in [1.29, 1.82) is 0 Å². The number of hydrogen-bond donors (Lipinski definition) is 2. The molecule has 0 aliphatic heterocycles. The SMILES string of the molecule is Cc1ccc(C)n1-c1nc(CC(=O)Nc2ccccc2C(=O)NC2CCCC2)cs1. The van der Waals surface area contributed by atoms with E-state index in [1.807, 2.05) is 31.4 Å². The zero-order chi connectivity index (χ0) is 21.1. The summed E-state index contributed by atoms with van der Waals surface area (Å²) in [4.78, 5) is 30.0. The highest BCUT2D eigenvalue weighted by Crippen LogP contribution is 2.22. The number of nitrogens with one attached hydrogen (secondary N) is 2. The summed E-state index contributed by atoms with van der Waals surface area (Å²) >= 11 is 1.52. The smallest absolute Gasteiger partial charge is 0.253 e. The van der Waals surface area contributed by atoms with E-state index >= 15 is 0 Å². The van der Waals surface area contributed by atoms with Crippen molar-refractivity contribution in [1.82, 2.24) is 14.9 Å². The van der Waals surface area contributed by atoms with Crippen LogP contribution in [0.25, 0.3) is 5.13 Å². The monoisotopic (exact) mass is 422 g/mol. The first-order valence-electron chi connectivity index (χ1n) is 10.3. The largest absolute Gasteiger partial charge is 0.349 e. The first-order chi connectivity index (χ1) is 14.5. The van der Waals surface area contributed by atoms with Crippen LogP contribution in [-0.2, 0) is 11.2 Å². The second-order valence-electron chi connectivity index (χ2n) is 7.80. The van der Waals surface area contributed by atoms with Gasteiger partial charge < -0.3 is 10.6 Å². The van der Waals surface area contributed by atoms with Crippen LogP contribution in [-0.4, -0.2) is 27.4 Å². The van der Waals surface area contributed by atoms with Crippen LogP contribution in [0.15, 0.2) is 41.8 Å². The summed E-state index contributed by atoms with van der Waals surface area (Å²) in [7, 11) is 0. The molecule has 1 fully saturated rings.